The number of amides is 2. The molecule has 0 aliphatic carbocycles. The third-order valence-electron chi connectivity index (χ3n) is 9.43. The molecule has 1 fully saturated rings. The van der Waals surface area contributed by atoms with E-state index >= 15 is 0 Å². The number of carbonyl (C=O) groups is 2. The first kappa shape index (κ1) is 36.8. The van der Waals surface area contributed by atoms with E-state index in [2.05, 4.69) is 63.6 Å². The van der Waals surface area contributed by atoms with Crippen molar-refractivity contribution in [2.45, 2.75) is 90.0 Å². The fraction of sp³-hybridized carbons (Fsp3) is 0.425. The molecule has 6 rings (SSSR count). The van der Waals surface area contributed by atoms with Gasteiger partial charge in [0.05, 0.1) is 11.5 Å². The molecule has 0 saturated carbocycles. The smallest absolute Gasteiger partial charge is 0.262 e. The molecule has 2 amide bonds. The van der Waals surface area contributed by atoms with Crippen LogP contribution in [0.25, 0.3) is 22.5 Å². The van der Waals surface area contributed by atoms with Gasteiger partial charge in [-0.15, -0.1) is 16.4 Å². The number of aromatic amines is 1. The summed E-state index contributed by atoms with van der Waals surface area (Å²) in [5, 5.41) is 17.3. The van der Waals surface area contributed by atoms with Crippen LogP contribution in [0.3, 0.4) is 0 Å². The van der Waals surface area contributed by atoms with E-state index in [0.29, 0.717) is 36.0 Å². The Morgan fingerprint density at radius 1 is 0.942 bits per heavy atom. The number of H-pyrrole nitrogens is 1. The quantitative estimate of drug-likeness (QED) is 0.107. The molecular weight excluding hydrogens is 673 g/mol. The van der Waals surface area contributed by atoms with E-state index < -0.39 is 6.04 Å². The number of tetrazole rings is 1. The second kappa shape index (κ2) is 17.0. The summed E-state index contributed by atoms with van der Waals surface area (Å²) in [7, 11) is 0. The molecule has 1 aliphatic heterocycles. The summed E-state index contributed by atoms with van der Waals surface area (Å²) in [6.07, 6.45) is 10.8. The molecule has 0 bridgehead atoms. The standard InChI is InChI=1S/C40H48N8O3S/c1-5-6-7-8-9-22-51-32-16-14-28(15-17-32)31-24-41-36(42-25-31)29-12-10-27(11-13-29)23-33(43-38(49)34-18-19-35(52-34)40(2,3)4)39(50)48-21-20-30(26-48)37-44-46-47-45-37/h10-19,24-25,30,33H,5-9,20-23,26H2,1-4H3,(H,43,49)(H,44,45,46,47)/t30-,33-/m0/s1. The minimum absolute atomic E-state index is 0.0240. The van der Waals surface area contributed by atoms with Gasteiger partial charge in [-0.3, -0.25) is 9.59 Å². The van der Waals surface area contributed by atoms with E-state index in [-0.39, 0.29) is 23.1 Å². The lowest BCUT2D eigenvalue weighted by molar-refractivity contribution is -0.132. The number of aromatic nitrogens is 6. The van der Waals surface area contributed by atoms with Gasteiger partial charge in [0.2, 0.25) is 5.91 Å². The number of benzene rings is 2. The molecule has 1 aliphatic rings. The van der Waals surface area contributed by atoms with E-state index in [1.165, 1.54) is 37.0 Å². The average Bonchev–Trinajstić information content (AvgIpc) is 3.96. The maximum absolute atomic E-state index is 14.0. The Bertz CT molecular complexity index is 1890. The van der Waals surface area contributed by atoms with Crippen LogP contribution in [0.5, 0.6) is 5.75 Å². The van der Waals surface area contributed by atoms with Crippen molar-refractivity contribution >= 4 is 23.2 Å². The van der Waals surface area contributed by atoms with Crippen LogP contribution in [-0.2, 0) is 16.6 Å². The molecule has 0 spiro atoms. The van der Waals surface area contributed by atoms with Gasteiger partial charge in [0.25, 0.3) is 5.91 Å². The summed E-state index contributed by atoms with van der Waals surface area (Å²) in [6.45, 7) is 10.4. The van der Waals surface area contributed by atoms with Crippen LogP contribution < -0.4 is 10.1 Å². The molecule has 272 valence electrons. The van der Waals surface area contributed by atoms with Crippen LogP contribution in [0.15, 0.2) is 73.1 Å². The van der Waals surface area contributed by atoms with E-state index in [1.807, 2.05) is 73.1 Å². The van der Waals surface area contributed by atoms with Crippen LogP contribution >= 0.6 is 11.3 Å². The van der Waals surface area contributed by atoms with Crippen LogP contribution in [0.4, 0.5) is 0 Å². The van der Waals surface area contributed by atoms with Gasteiger partial charge >= 0.3 is 0 Å². The Morgan fingerprint density at radius 3 is 2.35 bits per heavy atom. The van der Waals surface area contributed by atoms with Gasteiger partial charge in [-0.25, -0.2) is 15.1 Å². The lowest BCUT2D eigenvalue weighted by Gasteiger charge is -2.24. The van der Waals surface area contributed by atoms with Crippen LogP contribution in [-0.4, -0.2) is 73.0 Å². The number of unbranched alkanes of at least 4 members (excludes halogenated alkanes) is 4. The first-order valence-electron chi connectivity index (χ1n) is 18.3. The minimum atomic E-state index is -0.747. The summed E-state index contributed by atoms with van der Waals surface area (Å²) in [5.74, 6) is 1.80. The number of rotatable bonds is 15. The van der Waals surface area contributed by atoms with Crippen LogP contribution in [0.1, 0.15) is 98.1 Å². The number of hydrogen-bond donors (Lipinski definition) is 2. The number of nitrogens with one attached hydrogen (secondary N) is 2. The highest BCUT2D eigenvalue weighted by atomic mass is 32.1. The molecule has 52 heavy (non-hydrogen) atoms. The van der Waals surface area contributed by atoms with Crippen molar-refractivity contribution in [3.8, 4) is 28.3 Å². The molecule has 12 heteroatoms. The topological polar surface area (TPSA) is 139 Å². The van der Waals surface area contributed by atoms with E-state index in [1.54, 1.807) is 4.90 Å². The molecule has 4 heterocycles. The normalized spacial score (nSPS) is 15.1. The highest BCUT2D eigenvalue weighted by Gasteiger charge is 2.34. The van der Waals surface area contributed by atoms with Gasteiger partial charge in [0.1, 0.15) is 11.8 Å². The largest absolute Gasteiger partial charge is 0.494 e. The van der Waals surface area contributed by atoms with Crippen LogP contribution in [0.2, 0.25) is 0 Å². The summed E-state index contributed by atoms with van der Waals surface area (Å²) < 4.78 is 5.92. The molecule has 0 unspecified atom stereocenters. The summed E-state index contributed by atoms with van der Waals surface area (Å²) in [5.41, 5.74) is 3.65. The van der Waals surface area contributed by atoms with Gasteiger partial charge in [-0.05, 0) is 64.1 Å². The Morgan fingerprint density at radius 2 is 1.67 bits per heavy atom. The van der Waals surface area contributed by atoms with Crippen molar-refractivity contribution in [2.75, 3.05) is 19.7 Å². The van der Waals surface area contributed by atoms with Crippen molar-refractivity contribution in [3.05, 3.63) is 94.2 Å². The monoisotopic (exact) mass is 720 g/mol. The van der Waals surface area contributed by atoms with Gasteiger partial charge in [-0.2, -0.15) is 0 Å². The molecule has 0 radical (unpaired) electrons. The Kier molecular flexibility index (Phi) is 12.1. The predicted octanol–water partition coefficient (Wildman–Crippen LogP) is 7.39. The predicted molar refractivity (Wildman–Crippen MR) is 203 cm³/mol. The zero-order chi connectivity index (χ0) is 36.5. The van der Waals surface area contributed by atoms with Crippen molar-refractivity contribution in [3.63, 3.8) is 0 Å². The maximum atomic E-state index is 14.0. The minimum Gasteiger partial charge on any atom is -0.494 e. The number of thiophene rings is 1. The van der Waals surface area contributed by atoms with Crippen molar-refractivity contribution in [1.82, 2.24) is 40.8 Å². The number of ether oxygens (including phenoxy) is 1. The summed E-state index contributed by atoms with van der Waals surface area (Å²) in [4.78, 5) is 40.3. The number of likely N-dealkylation sites (tertiary alicyclic amines) is 1. The Balaban J connectivity index is 1.10. The fourth-order valence-corrected chi connectivity index (χ4v) is 7.29. The van der Waals surface area contributed by atoms with Crippen molar-refractivity contribution in [2.24, 2.45) is 0 Å². The first-order chi connectivity index (χ1) is 25.2. The second-order valence-corrected chi connectivity index (χ2v) is 15.6. The van der Waals surface area contributed by atoms with E-state index in [0.717, 1.165) is 52.3 Å². The fourth-order valence-electron chi connectivity index (χ4n) is 6.33. The molecule has 5 aromatic rings. The van der Waals surface area contributed by atoms with Gasteiger partial charge in [0, 0.05) is 53.8 Å². The number of carbonyl (C=O) groups excluding carboxylic acids is 2. The Labute approximate surface area is 309 Å². The van der Waals surface area contributed by atoms with Crippen molar-refractivity contribution < 1.29 is 14.3 Å². The molecule has 1 saturated heterocycles. The van der Waals surface area contributed by atoms with E-state index in [9.17, 15) is 9.59 Å². The van der Waals surface area contributed by atoms with Crippen molar-refractivity contribution in [1.29, 1.82) is 0 Å². The zero-order valence-electron chi connectivity index (χ0n) is 30.5. The SMILES string of the molecule is CCCCCCCOc1ccc(-c2cnc(-c3ccc(C[C@H](NC(=O)c4ccc(C(C)(C)C)s4)C(=O)N4CC[C@H](c5nnn[nH]5)C4)cc3)nc2)cc1. The molecule has 2 N–H and O–H groups in total. The molecule has 2 atom stereocenters. The zero-order valence-corrected chi connectivity index (χ0v) is 31.3. The number of hydrogen-bond acceptors (Lipinski definition) is 9. The molecule has 2 aromatic carbocycles. The average molecular weight is 721 g/mol. The second-order valence-electron chi connectivity index (χ2n) is 14.5. The lowest BCUT2D eigenvalue weighted by atomic mass is 9.95. The summed E-state index contributed by atoms with van der Waals surface area (Å²) in [6, 6.07) is 19.0. The summed E-state index contributed by atoms with van der Waals surface area (Å²) >= 11 is 1.46. The maximum Gasteiger partial charge on any atom is 0.262 e. The van der Waals surface area contributed by atoms with Gasteiger partial charge < -0.3 is 15.0 Å². The van der Waals surface area contributed by atoms with Gasteiger partial charge in [0.15, 0.2) is 11.6 Å². The molecule has 3 aromatic heterocycles. The van der Waals surface area contributed by atoms with Crippen LogP contribution in [0, 0.1) is 0 Å². The third kappa shape index (κ3) is 9.47. The highest BCUT2D eigenvalue weighted by molar-refractivity contribution is 7.14. The van der Waals surface area contributed by atoms with Gasteiger partial charge in [-0.1, -0.05) is 89.8 Å². The number of nitrogens with zero attached hydrogens (tertiary/aromatic N) is 6. The lowest BCUT2D eigenvalue weighted by Crippen LogP contribution is -2.49. The first-order valence-corrected chi connectivity index (χ1v) is 19.1. The highest BCUT2D eigenvalue weighted by Crippen LogP contribution is 2.30. The molecular formula is C40H48N8O3S. The van der Waals surface area contributed by atoms with E-state index in [4.69, 9.17) is 4.74 Å². The Hall–Kier alpha value is -4.97. The third-order valence-corrected chi connectivity index (χ3v) is 10.9. The molecule has 11 nitrogen and oxygen atoms in total.